The van der Waals surface area contributed by atoms with Crippen molar-refractivity contribution in [1.82, 2.24) is 9.78 Å². The van der Waals surface area contributed by atoms with Crippen LogP contribution in [0.5, 0.6) is 0 Å². The van der Waals surface area contributed by atoms with Gasteiger partial charge in [0.2, 0.25) is 11.5 Å². The van der Waals surface area contributed by atoms with Crippen molar-refractivity contribution in [1.29, 1.82) is 0 Å². The molecule has 0 amide bonds. The van der Waals surface area contributed by atoms with Crippen LogP contribution in [0.25, 0.3) is 0 Å². The second kappa shape index (κ2) is 4.71. The topological polar surface area (TPSA) is 112 Å². The number of rotatable bonds is 3. The van der Waals surface area contributed by atoms with Gasteiger partial charge in [0.1, 0.15) is 12.1 Å². The standard InChI is InChI=1S/C11H11N3O5/c1-13-5-6(14(18)19)10(12-13)11(17)9-7(15)3-2-4-8(9)16/h5,9H,2-4H2,1H3. The summed E-state index contributed by atoms with van der Waals surface area (Å²) in [4.78, 5) is 45.5. The van der Waals surface area contributed by atoms with Crippen molar-refractivity contribution < 1.29 is 19.3 Å². The van der Waals surface area contributed by atoms with Crippen LogP contribution in [-0.4, -0.2) is 32.1 Å². The van der Waals surface area contributed by atoms with Crippen LogP contribution in [-0.2, 0) is 16.6 Å². The number of nitrogens with zero attached hydrogens (tertiary/aromatic N) is 3. The zero-order valence-corrected chi connectivity index (χ0v) is 10.2. The molecule has 0 spiro atoms. The zero-order valence-electron chi connectivity index (χ0n) is 10.2. The summed E-state index contributed by atoms with van der Waals surface area (Å²) in [5, 5.41) is 14.5. The van der Waals surface area contributed by atoms with Crippen molar-refractivity contribution in [3.05, 3.63) is 22.0 Å². The summed E-state index contributed by atoms with van der Waals surface area (Å²) in [5.41, 5.74) is -0.917. The lowest BCUT2D eigenvalue weighted by molar-refractivity contribution is -0.385. The predicted octanol–water partition coefficient (Wildman–Crippen LogP) is 0.449. The molecular weight excluding hydrogens is 254 g/mol. The van der Waals surface area contributed by atoms with Gasteiger partial charge in [-0.1, -0.05) is 0 Å². The average molecular weight is 265 g/mol. The van der Waals surface area contributed by atoms with Crippen molar-refractivity contribution in [3.63, 3.8) is 0 Å². The van der Waals surface area contributed by atoms with Crippen LogP contribution in [0.15, 0.2) is 6.20 Å². The minimum absolute atomic E-state index is 0.142. The minimum atomic E-state index is -1.43. The summed E-state index contributed by atoms with van der Waals surface area (Å²) in [7, 11) is 1.42. The van der Waals surface area contributed by atoms with Crippen LogP contribution in [0.2, 0.25) is 0 Å². The Balaban J connectivity index is 2.41. The summed E-state index contributed by atoms with van der Waals surface area (Å²) in [6.45, 7) is 0. The zero-order chi connectivity index (χ0) is 14.2. The molecule has 8 nitrogen and oxygen atoms in total. The molecule has 100 valence electrons. The second-order valence-electron chi connectivity index (χ2n) is 4.38. The molecule has 0 aromatic carbocycles. The molecule has 0 bridgehead atoms. The lowest BCUT2D eigenvalue weighted by atomic mass is 9.83. The fraction of sp³-hybridized carbons (Fsp3) is 0.455. The van der Waals surface area contributed by atoms with E-state index in [9.17, 15) is 24.5 Å². The smallest absolute Gasteiger partial charge is 0.298 e. The van der Waals surface area contributed by atoms with Crippen molar-refractivity contribution >= 4 is 23.0 Å². The maximum atomic E-state index is 12.1. The van der Waals surface area contributed by atoms with E-state index < -0.39 is 39.6 Å². The lowest BCUT2D eigenvalue weighted by Gasteiger charge is -2.16. The number of aryl methyl sites for hydroxylation is 1. The maximum absolute atomic E-state index is 12.1. The van der Waals surface area contributed by atoms with Gasteiger partial charge in [0.05, 0.1) is 4.92 Å². The van der Waals surface area contributed by atoms with Gasteiger partial charge in [0, 0.05) is 19.9 Å². The molecule has 1 saturated carbocycles. The van der Waals surface area contributed by atoms with Gasteiger partial charge in [-0.05, 0) is 6.42 Å². The highest BCUT2D eigenvalue weighted by Crippen LogP contribution is 2.25. The van der Waals surface area contributed by atoms with Crippen LogP contribution < -0.4 is 0 Å². The number of hydrogen-bond acceptors (Lipinski definition) is 6. The molecule has 0 unspecified atom stereocenters. The van der Waals surface area contributed by atoms with Crippen LogP contribution in [0.1, 0.15) is 29.8 Å². The van der Waals surface area contributed by atoms with Crippen LogP contribution >= 0.6 is 0 Å². The number of nitro groups is 1. The molecule has 8 heteroatoms. The van der Waals surface area contributed by atoms with Crippen molar-refractivity contribution in [2.75, 3.05) is 0 Å². The molecule has 1 aliphatic carbocycles. The van der Waals surface area contributed by atoms with E-state index in [-0.39, 0.29) is 12.8 Å². The van der Waals surface area contributed by atoms with Gasteiger partial charge in [-0.2, -0.15) is 5.10 Å². The molecule has 19 heavy (non-hydrogen) atoms. The normalized spacial score (nSPS) is 16.7. The Morgan fingerprint density at radius 3 is 2.53 bits per heavy atom. The van der Waals surface area contributed by atoms with Gasteiger partial charge in [-0.15, -0.1) is 0 Å². The molecule has 2 rings (SSSR count). The Morgan fingerprint density at radius 2 is 2.00 bits per heavy atom. The first kappa shape index (κ1) is 13.1. The molecular formula is C11H11N3O5. The van der Waals surface area contributed by atoms with E-state index in [1.807, 2.05) is 0 Å². The fourth-order valence-electron chi connectivity index (χ4n) is 2.12. The number of hydrogen-bond donors (Lipinski definition) is 0. The molecule has 1 aromatic heterocycles. The molecule has 0 aliphatic heterocycles. The van der Waals surface area contributed by atoms with Crippen molar-refractivity contribution in [2.45, 2.75) is 19.3 Å². The highest BCUT2D eigenvalue weighted by molar-refractivity contribution is 6.25. The highest BCUT2D eigenvalue weighted by Gasteiger charge is 2.40. The van der Waals surface area contributed by atoms with E-state index in [0.717, 1.165) is 10.9 Å². The minimum Gasteiger partial charge on any atom is -0.298 e. The molecule has 0 atom stereocenters. The molecule has 0 radical (unpaired) electrons. The van der Waals surface area contributed by atoms with Gasteiger partial charge in [0.15, 0.2) is 11.6 Å². The SMILES string of the molecule is Cn1cc([N+](=O)[O-])c(C(=O)C2C(=O)CCCC2=O)n1. The lowest BCUT2D eigenvalue weighted by Crippen LogP contribution is -2.35. The summed E-state index contributed by atoms with van der Waals surface area (Å²) >= 11 is 0. The Bertz CT molecular complexity index is 573. The molecule has 1 aromatic rings. The summed E-state index contributed by atoms with van der Waals surface area (Å²) in [5.74, 6) is -3.27. The molecule has 1 heterocycles. The summed E-state index contributed by atoms with van der Waals surface area (Å²) in [6.07, 6.45) is 1.78. The largest absolute Gasteiger partial charge is 0.318 e. The monoisotopic (exact) mass is 265 g/mol. The van der Waals surface area contributed by atoms with Gasteiger partial charge in [0.25, 0.3) is 0 Å². The Labute approximate surface area is 107 Å². The van der Waals surface area contributed by atoms with Gasteiger partial charge in [-0.25, -0.2) is 0 Å². The van der Waals surface area contributed by atoms with Gasteiger partial charge >= 0.3 is 5.69 Å². The van der Waals surface area contributed by atoms with E-state index in [1.165, 1.54) is 7.05 Å². The van der Waals surface area contributed by atoms with E-state index in [0.29, 0.717) is 6.42 Å². The first-order valence-electron chi connectivity index (χ1n) is 5.69. The van der Waals surface area contributed by atoms with E-state index in [4.69, 9.17) is 0 Å². The molecule has 1 fully saturated rings. The first-order valence-corrected chi connectivity index (χ1v) is 5.69. The number of ketones is 3. The third-order valence-corrected chi connectivity index (χ3v) is 2.99. The quantitative estimate of drug-likeness (QED) is 0.339. The number of carbonyl (C=O) groups is 3. The molecule has 0 saturated heterocycles. The predicted molar refractivity (Wildman–Crippen MR) is 61.5 cm³/mol. The number of aromatic nitrogens is 2. The van der Waals surface area contributed by atoms with E-state index in [2.05, 4.69) is 5.10 Å². The Morgan fingerprint density at radius 1 is 1.42 bits per heavy atom. The number of Topliss-reactive ketones (excluding diaryl/α,β-unsaturated/α-hetero) is 3. The first-order chi connectivity index (χ1) is 8.91. The average Bonchev–Trinajstić information content (AvgIpc) is 2.71. The third kappa shape index (κ3) is 2.28. The van der Waals surface area contributed by atoms with E-state index in [1.54, 1.807) is 0 Å². The van der Waals surface area contributed by atoms with E-state index >= 15 is 0 Å². The van der Waals surface area contributed by atoms with Gasteiger partial charge < -0.3 is 0 Å². The Hall–Kier alpha value is -2.38. The summed E-state index contributed by atoms with van der Waals surface area (Å²) < 4.78 is 1.11. The van der Waals surface area contributed by atoms with Crippen LogP contribution in [0, 0.1) is 16.0 Å². The maximum Gasteiger partial charge on any atom is 0.318 e. The fourth-order valence-corrected chi connectivity index (χ4v) is 2.12. The second-order valence-corrected chi connectivity index (χ2v) is 4.38. The molecule has 0 N–H and O–H groups in total. The van der Waals surface area contributed by atoms with Crippen molar-refractivity contribution in [3.8, 4) is 0 Å². The molecule has 1 aliphatic rings. The van der Waals surface area contributed by atoms with Crippen LogP contribution in [0.4, 0.5) is 5.69 Å². The number of carbonyl (C=O) groups excluding carboxylic acids is 3. The van der Waals surface area contributed by atoms with Gasteiger partial charge in [-0.3, -0.25) is 29.2 Å². The summed E-state index contributed by atoms with van der Waals surface area (Å²) in [6, 6.07) is 0. The Kier molecular flexibility index (Phi) is 3.24. The van der Waals surface area contributed by atoms with Crippen LogP contribution in [0.3, 0.4) is 0 Å². The highest BCUT2D eigenvalue weighted by atomic mass is 16.6. The van der Waals surface area contributed by atoms with Crippen molar-refractivity contribution in [2.24, 2.45) is 13.0 Å². The third-order valence-electron chi connectivity index (χ3n) is 2.99.